The topological polar surface area (TPSA) is 53.6 Å². The number of aromatic amines is 1. The second kappa shape index (κ2) is 4.90. The smallest absolute Gasteiger partial charge is 0.0735 e. The van der Waals surface area contributed by atoms with Crippen molar-refractivity contribution in [2.45, 2.75) is 25.7 Å². The molecule has 2 aromatic rings. The first-order valence-corrected chi connectivity index (χ1v) is 6.52. The summed E-state index contributed by atoms with van der Waals surface area (Å²) >= 11 is 0. The predicted molar refractivity (Wildman–Crippen MR) is 71.4 cm³/mol. The minimum Gasteiger partial charge on any atom is -0.317 e. The van der Waals surface area contributed by atoms with E-state index in [4.69, 9.17) is 0 Å². The summed E-state index contributed by atoms with van der Waals surface area (Å²) in [4.78, 5) is 4.21. The van der Waals surface area contributed by atoms with E-state index in [1.165, 1.54) is 11.3 Å². The molecule has 1 saturated heterocycles. The second-order valence-electron chi connectivity index (χ2n) is 4.87. The molecular weight excluding hydrogens is 224 g/mol. The van der Waals surface area contributed by atoms with E-state index in [0.717, 1.165) is 37.2 Å². The highest BCUT2D eigenvalue weighted by atomic mass is 15.1. The first-order valence-electron chi connectivity index (χ1n) is 6.52. The number of pyridine rings is 1. The molecule has 1 fully saturated rings. The molecule has 1 aliphatic rings. The Balaban J connectivity index is 2.01. The number of hydrogen-bond donors (Lipinski definition) is 2. The number of rotatable bonds is 2. The van der Waals surface area contributed by atoms with Crippen LogP contribution in [0.4, 0.5) is 0 Å². The molecule has 4 heteroatoms. The molecule has 0 aliphatic carbocycles. The number of hydrogen-bond acceptors (Lipinski definition) is 3. The van der Waals surface area contributed by atoms with E-state index in [2.05, 4.69) is 33.5 Å². The fourth-order valence-electron chi connectivity index (χ4n) is 2.71. The zero-order chi connectivity index (χ0) is 12.4. The van der Waals surface area contributed by atoms with Crippen molar-refractivity contribution in [3.05, 3.63) is 35.9 Å². The number of aryl methyl sites for hydroxylation is 1. The lowest BCUT2D eigenvalue weighted by Crippen LogP contribution is -2.27. The van der Waals surface area contributed by atoms with Gasteiger partial charge < -0.3 is 5.32 Å². The average Bonchev–Trinajstić information content (AvgIpc) is 2.83. The molecule has 3 rings (SSSR count). The predicted octanol–water partition coefficient (Wildman–Crippen LogP) is 2.25. The van der Waals surface area contributed by atoms with E-state index in [1.54, 1.807) is 0 Å². The van der Waals surface area contributed by atoms with E-state index >= 15 is 0 Å². The largest absolute Gasteiger partial charge is 0.317 e. The lowest BCUT2D eigenvalue weighted by Gasteiger charge is -2.22. The van der Waals surface area contributed by atoms with Crippen molar-refractivity contribution in [2.24, 2.45) is 0 Å². The molecule has 0 amide bonds. The minimum atomic E-state index is 0.561. The number of aromatic nitrogens is 3. The van der Waals surface area contributed by atoms with Gasteiger partial charge in [0.25, 0.3) is 0 Å². The van der Waals surface area contributed by atoms with Crippen molar-refractivity contribution in [1.29, 1.82) is 0 Å². The first-order chi connectivity index (χ1) is 8.86. The fourth-order valence-corrected chi connectivity index (χ4v) is 2.71. The van der Waals surface area contributed by atoms with Gasteiger partial charge in [-0.25, -0.2) is 0 Å². The molecule has 3 heterocycles. The molecule has 18 heavy (non-hydrogen) atoms. The molecule has 0 atom stereocenters. The van der Waals surface area contributed by atoms with Crippen molar-refractivity contribution < 1.29 is 0 Å². The minimum absolute atomic E-state index is 0.561. The van der Waals surface area contributed by atoms with Gasteiger partial charge in [-0.1, -0.05) is 6.07 Å². The molecular formula is C14H18N4. The Morgan fingerprint density at radius 2 is 2.11 bits per heavy atom. The third-order valence-electron chi connectivity index (χ3n) is 3.65. The molecule has 4 nitrogen and oxygen atoms in total. The van der Waals surface area contributed by atoms with Crippen LogP contribution in [0.1, 0.15) is 30.1 Å². The van der Waals surface area contributed by atoms with Crippen molar-refractivity contribution in [1.82, 2.24) is 20.5 Å². The van der Waals surface area contributed by atoms with Gasteiger partial charge in [-0.3, -0.25) is 10.1 Å². The van der Waals surface area contributed by atoms with Crippen LogP contribution in [0.25, 0.3) is 11.1 Å². The van der Waals surface area contributed by atoms with E-state index in [0.29, 0.717) is 5.92 Å². The first kappa shape index (κ1) is 11.4. The van der Waals surface area contributed by atoms with Gasteiger partial charge in [0.05, 0.1) is 5.69 Å². The Hall–Kier alpha value is -1.68. The molecule has 0 unspecified atom stereocenters. The van der Waals surface area contributed by atoms with Crippen LogP contribution in [0.2, 0.25) is 0 Å². The molecule has 0 aromatic carbocycles. The van der Waals surface area contributed by atoms with Gasteiger partial charge in [-0.05, 0) is 38.9 Å². The van der Waals surface area contributed by atoms with Gasteiger partial charge in [0.1, 0.15) is 0 Å². The van der Waals surface area contributed by atoms with Gasteiger partial charge in [0, 0.05) is 35.1 Å². The molecule has 94 valence electrons. The number of nitrogens with one attached hydrogen (secondary N) is 2. The molecule has 2 N–H and O–H groups in total. The van der Waals surface area contributed by atoms with Crippen molar-refractivity contribution in [2.75, 3.05) is 13.1 Å². The van der Waals surface area contributed by atoms with Crippen LogP contribution in [-0.2, 0) is 0 Å². The zero-order valence-electron chi connectivity index (χ0n) is 10.6. The standard InChI is InChI=1S/C14H18N4/c1-10-13(12-3-2-6-16-9-12)14(18-17-10)11-4-7-15-8-5-11/h2-3,6,9,11,15H,4-5,7-8H2,1H3,(H,17,18). The highest BCUT2D eigenvalue weighted by Gasteiger charge is 2.23. The summed E-state index contributed by atoms with van der Waals surface area (Å²) in [7, 11) is 0. The summed E-state index contributed by atoms with van der Waals surface area (Å²) in [5.74, 6) is 0.561. The number of nitrogens with zero attached hydrogens (tertiary/aromatic N) is 2. The maximum absolute atomic E-state index is 4.54. The van der Waals surface area contributed by atoms with Crippen molar-refractivity contribution in [3.8, 4) is 11.1 Å². The van der Waals surface area contributed by atoms with E-state index in [-0.39, 0.29) is 0 Å². The van der Waals surface area contributed by atoms with Crippen LogP contribution >= 0.6 is 0 Å². The van der Waals surface area contributed by atoms with Gasteiger partial charge in [-0.15, -0.1) is 0 Å². The Morgan fingerprint density at radius 3 is 2.83 bits per heavy atom. The highest BCUT2D eigenvalue weighted by molar-refractivity contribution is 5.68. The van der Waals surface area contributed by atoms with Gasteiger partial charge in [0.15, 0.2) is 0 Å². The lowest BCUT2D eigenvalue weighted by molar-refractivity contribution is 0.453. The van der Waals surface area contributed by atoms with Crippen LogP contribution in [0.5, 0.6) is 0 Å². The van der Waals surface area contributed by atoms with Crippen LogP contribution in [0.15, 0.2) is 24.5 Å². The zero-order valence-corrected chi connectivity index (χ0v) is 10.6. The van der Waals surface area contributed by atoms with Crippen LogP contribution in [0, 0.1) is 6.92 Å². The van der Waals surface area contributed by atoms with E-state index < -0.39 is 0 Å². The fraction of sp³-hybridized carbons (Fsp3) is 0.429. The van der Waals surface area contributed by atoms with Crippen LogP contribution in [-0.4, -0.2) is 28.3 Å². The Labute approximate surface area is 107 Å². The quantitative estimate of drug-likeness (QED) is 0.849. The summed E-state index contributed by atoms with van der Waals surface area (Å²) in [6.45, 7) is 4.26. The average molecular weight is 242 g/mol. The summed E-state index contributed by atoms with van der Waals surface area (Å²) in [5.41, 5.74) is 4.76. The molecule has 2 aromatic heterocycles. The monoisotopic (exact) mass is 242 g/mol. The molecule has 1 aliphatic heterocycles. The van der Waals surface area contributed by atoms with Crippen LogP contribution < -0.4 is 5.32 Å². The number of piperidine rings is 1. The summed E-state index contributed by atoms with van der Waals surface area (Å²) in [6.07, 6.45) is 6.06. The summed E-state index contributed by atoms with van der Waals surface area (Å²) < 4.78 is 0. The molecule has 0 radical (unpaired) electrons. The summed E-state index contributed by atoms with van der Waals surface area (Å²) in [5, 5.41) is 11.1. The summed E-state index contributed by atoms with van der Waals surface area (Å²) in [6, 6.07) is 4.09. The van der Waals surface area contributed by atoms with Gasteiger partial charge in [-0.2, -0.15) is 5.10 Å². The van der Waals surface area contributed by atoms with E-state index in [9.17, 15) is 0 Å². The maximum Gasteiger partial charge on any atom is 0.0735 e. The Bertz CT molecular complexity index is 512. The van der Waals surface area contributed by atoms with Gasteiger partial charge in [0.2, 0.25) is 0 Å². The van der Waals surface area contributed by atoms with Crippen LogP contribution in [0.3, 0.4) is 0 Å². The third kappa shape index (κ3) is 2.04. The van der Waals surface area contributed by atoms with Crippen molar-refractivity contribution >= 4 is 0 Å². The van der Waals surface area contributed by atoms with E-state index in [1.807, 2.05) is 18.5 Å². The maximum atomic E-state index is 4.54. The molecule has 0 bridgehead atoms. The second-order valence-corrected chi connectivity index (χ2v) is 4.87. The van der Waals surface area contributed by atoms with Crippen molar-refractivity contribution in [3.63, 3.8) is 0 Å². The number of H-pyrrole nitrogens is 1. The Kier molecular flexibility index (Phi) is 3.11. The highest BCUT2D eigenvalue weighted by Crippen LogP contribution is 2.33. The normalized spacial score (nSPS) is 16.9. The lowest BCUT2D eigenvalue weighted by atomic mass is 9.90. The Morgan fingerprint density at radius 1 is 1.28 bits per heavy atom. The molecule has 0 spiro atoms. The third-order valence-corrected chi connectivity index (χ3v) is 3.65. The van der Waals surface area contributed by atoms with Gasteiger partial charge >= 0.3 is 0 Å². The molecule has 0 saturated carbocycles. The SMILES string of the molecule is Cc1[nH]nc(C2CCNCC2)c1-c1cccnc1.